The molecule has 0 unspecified atom stereocenters. The number of hydrogen-bond donors (Lipinski definition) is 1. The van der Waals surface area contributed by atoms with Crippen LogP contribution in [-0.2, 0) is 25.7 Å². The quantitative estimate of drug-likeness (QED) is 0.0909. The summed E-state index contributed by atoms with van der Waals surface area (Å²) >= 11 is 1.93. The average Bonchev–Trinajstić information content (AvgIpc) is 2.93. The predicted molar refractivity (Wildman–Crippen MR) is 158 cm³/mol. The normalized spacial score (nSPS) is 17.8. The van der Waals surface area contributed by atoms with E-state index < -0.39 is 39.6 Å². The number of rotatable bonds is 11. The van der Waals surface area contributed by atoms with E-state index in [1.54, 1.807) is 32.9 Å². The Morgan fingerprint density at radius 1 is 1.19 bits per heavy atom. The Bertz CT molecular complexity index is 1430. The van der Waals surface area contributed by atoms with E-state index in [1.165, 1.54) is 55.1 Å². The van der Waals surface area contributed by atoms with Gasteiger partial charge in [0.2, 0.25) is 11.0 Å². The summed E-state index contributed by atoms with van der Waals surface area (Å²) < 4.78 is 11.6. The van der Waals surface area contributed by atoms with E-state index in [2.05, 4.69) is 0 Å². The number of aliphatic hydroxyl groups is 1. The standard InChI is InChI=1S/C29H31N3O8S2/c1-6-41-25-22(17(2)33)24(34)31(25)23(26(35)39-16-18-11-13-20(14-12-18)32(37)38)27(42-28(36)29(3,4)5)40-21-10-8-7-9-19(21)15-30/h7-14,17,22,25,33H,6,16H2,1-5H3/t17-,22+,25-/m1/s1. The number of nitro benzene ring substituents is 1. The maximum atomic E-state index is 13.8. The van der Waals surface area contributed by atoms with Crippen LogP contribution in [0.4, 0.5) is 5.69 Å². The number of ether oxygens (including phenoxy) is 2. The summed E-state index contributed by atoms with van der Waals surface area (Å²) in [5, 5.41) is 29.6. The summed E-state index contributed by atoms with van der Waals surface area (Å²) in [5.41, 5.74) is -0.779. The van der Waals surface area contributed by atoms with Crippen molar-refractivity contribution in [1.82, 2.24) is 4.90 Å². The fraction of sp³-hybridized carbons (Fsp3) is 0.379. The van der Waals surface area contributed by atoms with Crippen molar-refractivity contribution in [3.8, 4) is 11.8 Å². The van der Waals surface area contributed by atoms with Gasteiger partial charge in [-0.3, -0.25) is 24.6 Å². The maximum absolute atomic E-state index is 13.8. The maximum Gasteiger partial charge on any atom is 0.359 e. The zero-order valence-corrected chi connectivity index (χ0v) is 25.4. The van der Waals surface area contributed by atoms with Crippen LogP contribution in [0.25, 0.3) is 0 Å². The summed E-state index contributed by atoms with van der Waals surface area (Å²) in [4.78, 5) is 52.0. The molecule has 1 aliphatic rings. The van der Waals surface area contributed by atoms with Gasteiger partial charge in [0, 0.05) is 17.5 Å². The Balaban J connectivity index is 2.14. The first-order valence-electron chi connectivity index (χ1n) is 13.0. The molecule has 1 heterocycles. The van der Waals surface area contributed by atoms with Gasteiger partial charge in [-0.2, -0.15) is 5.26 Å². The first-order chi connectivity index (χ1) is 19.8. The topological polar surface area (TPSA) is 160 Å². The van der Waals surface area contributed by atoms with E-state index in [1.807, 2.05) is 13.0 Å². The molecule has 222 valence electrons. The Morgan fingerprint density at radius 3 is 2.38 bits per heavy atom. The lowest BCUT2D eigenvalue weighted by molar-refractivity contribution is -0.384. The van der Waals surface area contributed by atoms with Crippen LogP contribution < -0.4 is 4.74 Å². The second-order valence-electron chi connectivity index (χ2n) is 10.3. The third kappa shape index (κ3) is 7.50. The molecule has 3 rings (SSSR count). The third-order valence-electron chi connectivity index (χ3n) is 6.09. The van der Waals surface area contributed by atoms with Gasteiger partial charge >= 0.3 is 5.97 Å². The second kappa shape index (κ2) is 13.9. The number of non-ortho nitro benzene ring substituents is 1. The number of nitrogens with zero attached hydrogens (tertiary/aromatic N) is 3. The minimum Gasteiger partial charge on any atom is -0.456 e. The minimum atomic E-state index is -1.01. The number of hydrogen-bond acceptors (Lipinski definition) is 11. The number of carbonyl (C=O) groups excluding carboxylic acids is 3. The van der Waals surface area contributed by atoms with Crippen LogP contribution in [0.5, 0.6) is 5.75 Å². The van der Waals surface area contributed by atoms with Gasteiger partial charge in [-0.15, -0.1) is 11.8 Å². The zero-order valence-electron chi connectivity index (χ0n) is 23.7. The molecule has 3 atom stereocenters. The molecule has 1 saturated heterocycles. The van der Waals surface area contributed by atoms with Crippen molar-refractivity contribution in [2.24, 2.45) is 11.3 Å². The number of β-lactam (4-membered cyclic amide) rings is 1. The Morgan fingerprint density at radius 2 is 1.83 bits per heavy atom. The number of aliphatic hydroxyl groups excluding tert-OH is 1. The molecular formula is C29H31N3O8S2. The molecule has 0 aliphatic carbocycles. The fourth-order valence-corrected chi connectivity index (χ4v) is 5.97. The highest BCUT2D eigenvalue weighted by molar-refractivity contribution is 8.16. The van der Waals surface area contributed by atoms with E-state index in [0.717, 1.165) is 4.90 Å². The number of para-hydroxylation sites is 1. The van der Waals surface area contributed by atoms with Crippen molar-refractivity contribution in [3.63, 3.8) is 0 Å². The number of carbonyl (C=O) groups is 3. The Kier molecular flexibility index (Phi) is 10.8. The summed E-state index contributed by atoms with van der Waals surface area (Å²) in [6, 6.07) is 13.6. The third-order valence-corrected chi connectivity index (χ3v) is 8.53. The molecule has 0 radical (unpaired) electrons. The molecule has 2 aromatic carbocycles. The fourth-order valence-electron chi connectivity index (χ4n) is 3.83. The van der Waals surface area contributed by atoms with E-state index in [-0.39, 0.29) is 39.5 Å². The highest BCUT2D eigenvalue weighted by atomic mass is 32.2. The SMILES string of the molecule is CCS[C@@H]1[C@@H]([C@@H](C)O)C(=O)N1C(C(=O)OCc1ccc([N+](=O)[O-])cc1)=C(Oc1ccccc1C#N)SC(=O)C(C)(C)C. The van der Waals surface area contributed by atoms with Crippen LogP contribution in [-0.4, -0.2) is 49.2 Å². The lowest BCUT2D eigenvalue weighted by Crippen LogP contribution is -2.63. The molecule has 0 saturated carbocycles. The molecule has 1 aliphatic heterocycles. The molecule has 2 aromatic rings. The van der Waals surface area contributed by atoms with Gasteiger partial charge in [-0.1, -0.05) is 39.8 Å². The number of nitro groups is 1. The van der Waals surface area contributed by atoms with Crippen LogP contribution in [0.3, 0.4) is 0 Å². The van der Waals surface area contributed by atoms with Crippen molar-refractivity contribution >= 4 is 46.2 Å². The number of benzene rings is 2. The van der Waals surface area contributed by atoms with Gasteiger partial charge in [0.1, 0.15) is 18.4 Å². The lowest BCUT2D eigenvalue weighted by atomic mass is 9.92. The summed E-state index contributed by atoms with van der Waals surface area (Å²) in [6.07, 6.45) is -1.01. The minimum absolute atomic E-state index is 0.0598. The van der Waals surface area contributed by atoms with E-state index in [0.29, 0.717) is 23.1 Å². The number of esters is 1. The van der Waals surface area contributed by atoms with Crippen LogP contribution in [0.2, 0.25) is 0 Å². The van der Waals surface area contributed by atoms with Crippen molar-refractivity contribution < 1.29 is 33.9 Å². The smallest absolute Gasteiger partial charge is 0.359 e. The van der Waals surface area contributed by atoms with Gasteiger partial charge in [0.25, 0.3) is 5.69 Å². The lowest BCUT2D eigenvalue weighted by Gasteiger charge is -2.48. The molecule has 1 N–H and O–H groups in total. The highest BCUT2D eigenvalue weighted by Gasteiger charge is 2.54. The first-order valence-corrected chi connectivity index (χ1v) is 14.8. The van der Waals surface area contributed by atoms with Gasteiger partial charge in [0.15, 0.2) is 10.8 Å². The summed E-state index contributed by atoms with van der Waals surface area (Å²) in [5.74, 6) is -1.76. The number of thioether (sulfide) groups is 2. The molecular weight excluding hydrogens is 582 g/mol. The molecule has 0 aromatic heterocycles. The van der Waals surface area contributed by atoms with Crippen molar-refractivity contribution in [2.75, 3.05) is 5.75 Å². The van der Waals surface area contributed by atoms with E-state index in [4.69, 9.17) is 9.47 Å². The number of likely N-dealkylation sites (tertiary alicyclic amines) is 1. The molecule has 0 spiro atoms. The Hall–Kier alpha value is -3.86. The van der Waals surface area contributed by atoms with E-state index >= 15 is 0 Å². The average molecular weight is 614 g/mol. The van der Waals surface area contributed by atoms with Crippen molar-refractivity contribution in [1.29, 1.82) is 5.26 Å². The highest BCUT2D eigenvalue weighted by Crippen LogP contribution is 2.44. The largest absolute Gasteiger partial charge is 0.456 e. The molecule has 0 bridgehead atoms. The van der Waals surface area contributed by atoms with Gasteiger partial charge in [-0.25, -0.2) is 4.79 Å². The summed E-state index contributed by atoms with van der Waals surface area (Å²) in [7, 11) is 0. The molecule has 1 amide bonds. The summed E-state index contributed by atoms with van der Waals surface area (Å²) in [6.45, 7) is 8.10. The number of amides is 1. The van der Waals surface area contributed by atoms with Crippen molar-refractivity contribution in [2.45, 2.75) is 52.7 Å². The van der Waals surface area contributed by atoms with Gasteiger partial charge in [-0.05, 0) is 54.3 Å². The van der Waals surface area contributed by atoms with Gasteiger partial charge < -0.3 is 14.6 Å². The Labute approximate surface area is 252 Å². The van der Waals surface area contributed by atoms with E-state index in [9.17, 15) is 34.9 Å². The molecule has 1 fully saturated rings. The van der Waals surface area contributed by atoms with Crippen LogP contribution >= 0.6 is 23.5 Å². The van der Waals surface area contributed by atoms with Crippen LogP contribution in [0.15, 0.2) is 59.3 Å². The molecule has 42 heavy (non-hydrogen) atoms. The van der Waals surface area contributed by atoms with Gasteiger partial charge in [0.05, 0.1) is 27.9 Å². The predicted octanol–water partition coefficient (Wildman–Crippen LogP) is 4.98. The second-order valence-corrected chi connectivity index (χ2v) is 12.6. The van der Waals surface area contributed by atoms with Crippen molar-refractivity contribution in [3.05, 3.63) is 80.6 Å². The van der Waals surface area contributed by atoms with Crippen LogP contribution in [0.1, 0.15) is 45.7 Å². The zero-order chi connectivity index (χ0) is 31.2. The first kappa shape index (κ1) is 32.7. The number of nitriles is 1. The molecule has 13 heteroatoms. The van der Waals surface area contributed by atoms with Crippen LogP contribution in [0, 0.1) is 32.8 Å². The molecule has 11 nitrogen and oxygen atoms in total. The monoisotopic (exact) mass is 613 g/mol.